The van der Waals surface area contributed by atoms with Gasteiger partial charge in [-0.25, -0.2) is 4.98 Å². The molecular formula is C18H21N5S. The van der Waals surface area contributed by atoms with Crippen LogP contribution in [0, 0.1) is 6.92 Å². The molecular weight excluding hydrogens is 318 g/mol. The molecule has 0 radical (unpaired) electrons. The molecule has 24 heavy (non-hydrogen) atoms. The lowest BCUT2D eigenvalue weighted by atomic mass is 10.2. The lowest BCUT2D eigenvalue weighted by Crippen LogP contribution is -2.20. The molecule has 5 nitrogen and oxygen atoms in total. The Labute approximate surface area is 145 Å². The fraction of sp³-hybridized carbons (Fsp3) is 0.389. The van der Waals surface area contributed by atoms with Crippen molar-refractivity contribution >= 4 is 11.3 Å². The molecule has 2 aromatic heterocycles. The number of thiazole rings is 1. The van der Waals surface area contributed by atoms with Gasteiger partial charge in [-0.15, -0.1) is 21.5 Å². The molecule has 1 fully saturated rings. The first-order chi connectivity index (χ1) is 11.7. The largest absolute Gasteiger partial charge is 0.311 e. The van der Waals surface area contributed by atoms with E-state index in [9.17, 15) is 0 Å². The molecule has 124 valence electrons. The summed E-state index contributed by atoms with van der Waals surface area (Å²) >= 11 is 1.70. The van der Waals surface area contributed by atoms with Gasteiger partial charge in [-0.3, -0.25) is 0 Å². The van der Waals surface area contributed by atoms with Gasteiger partial charge in [-0.05, 0) is 26.7 Å². The number of aromatic nitrogens is 4. The summed E-state index contributed by atoms with van der Waals surface area (Å²) in [5.41, 5.74) is 2.21. The monoisotopic (exact) mass is 339 g/mol. The minimum absolute atomic E-state index is 0.192. The molecule has 2 heterocycles. The first-order valence-electron chi connectivity index (χ1n) is 8.37. The van der Waals surface area contributed by atoms with Gasteiger partial charge in [-0.1, -0.05) is 30.3 Å². The van der Waals surface area contributed by atoms with E-state index in [0.29, 0.717) is 6.04 Å². The predicted molar refractivity (Wildman–Crippen MR) is 95.8 cm³/mol. The highest BCUT2D eigenvalue weighted by molar-refractivity contribution is 7.10. The first-order valence-corrected chi connectivity index (χ1v) is 9.25. The lowest BCUT2D eigenvalue weighted by Gasteiger charge is -2.12. The molecule has 1 saturated carbocycles. The summed E-state index contributed by atoms with van der Waals surface area (Å²) < 4.78 is 2.27. The van der Waals surface area contributed by atoms with Crippen LogP contribution in [0.2, 0.25) is 0 Å². The second-order valence-corrected chi connectivity index (χ2v) is 7.19. The van der Waals surface area contributed by atoms with Crippen LogP contribution in [0.4, 0.5) is 0 Å². The van der Waals surface area contributed by atoms with Gasteiger partial charge in [-0.2, -0.15) is 0 Å². The number of hydrogen-bond acceptors (Lipinski definition) is 5. The molecule has 0 unspecified atom stereocenters. The van der Waals surface area contributed by atoms with Crippen molar-refractivity contribution in [2.75, 3.05) is 0 Å². The van der Waals surface area contributed by atoms with E-state index in [1.165, 1.54) is 12.8 Å². The maximum Gasteiger partial charge on any atom is 0.147 e. The Bertz CT molecular complexity index is 819. The van der Waals surface area contributed by atoms with Crippen LogP contribution >= 0.6 is 11.3 Å². The zero-order chi connectivity index (χ0) is 16.5. The van der Waals surface area contributed by atoms with E-state index in [-0.39, 0.29) is 6.04 Å². The number of rotatable bonds is 6. The van der Waals surface area contributed by atoms with Gasteiger partial charge in [0.1, 0.15) is 16.7 Å². The van der Waals surface area contributed by atoms with Crippen molar-refractivity contribution < 1.29 is 0 Å². The Hall–Kier alpha value is -2.05. The van der Waals surface area contributed by atoms with E-state index in [2.05, 4.69) is 44.5 Å². The Morgan fingerprint density at radius 3 is 2.79 bits per heavy atom. The molecule has 0 saturated heterocycles. The second kappa shape index (κ2) is 6.45. The van der Waals surface area contributed by atoms with E-state index in [4.69, 9.17) is 4.98 Å². The molecule has 0 spiro atoms. The number of hydrogen-bond donors (Lipinski definition) is 1. The van der Waals surface area contributed by atoms with Crippen molar-refractivity contribution in [3.05, 3.63) is 52.4 Å². The van der Waals surface area contributed by atoms with E-state index in [0.717, 1.165) is 34.5 Å². The third-order valence-electron chi connectivity index (χ3n) is 4.38. The molecule has 0 aliphatic heterocycles. The first kappa shape index (κ1) is 15.5. The fourth-order valence-corrected chi connectivity index (χ4v) is 3.76. The normalized spacial score (nSPS) is 15.6. The zero-order valence-electron chi connectivity index (χ0n) is 13.9. The van der Waals surface area contributed by atoms with Crippen LogP contribution in [0.15, 0.2) is 35.7 Å². The minimum Gasteiger partial charge on any atom is -0.311 e. The topological polar surface area (TPSA) is 55.6 Å². The predicted octanol–water partition coefficient (Wildman–Crippen LogP) is 3.90. The van der Waals surface area contributed by atoms with E-state index in [1.807, 2.05) is 25.1 Å². The van der Waals surface area contributed by atoms with Crippen LogP contribution in [0.5, 0.6) is 0 Å². The molecule has 4 rings (SSSR count). The molecule has 1 aromatic carbocycles. The van der Waals surface area contributed by atoms with Gasteiger partial charge in [0.15, 0.2) is 0 Å². The van der Waals surface area contributed by atoms with Gasteiger partial charge in [0.05, 0.1) is 18.3 Å². The van der Waals surface area contributed by atoms with Crippen LogP contribution in [0.1, 0.15) is 48.5 Å². The quantitative estimate of drug-likeness (QED) is 0.740. The van der Waals surface area contributed by atoms with E-state index < -0.39 is 0 Å². The van der Waals surface area contributed by atoms with Gasteiger partial charge in [0, 0.05) is 17.0 Å². The van der Waals surface area contributed by atoms with Gasteiger partial charge in [0.25, 0.3) is 0 Å². The molecule has 1 atom stereocenters. The van der Waals surface area contributed by atoms with Crippen molar-refractivity contribution in [1.29, 1.82) is 0 Å². The zero-order valence-corrected chi connectivity index (χ0v) is 14.8. The van der Waals surface area contributed by atoms with E-state index >= 15 is 0 Å². The molecule has 3 aromatic rings. The lowest BCUT2D eigenvalue weighted by molar-refractivity contribution is 0.533. The molecule has 0 bridgehead atoms. The average molecular weight is 339 g/mol. The second-order valence-electron chi connectivity index (χ2n) is 6.30. The number of nitrogens with one attached hydrogen (secondary N) is 1. The van der Waals surface area contributed by atoms with Crippen molar-refractivity contribution in [3.63, 3.8) is 0 Å². The van der Waals surface area contributed by atoms with Crippen LogP contribution in [0.25, 0.3) is 11.3 Å². The maximum absolute atomic E-state index is 4.78. The Kier molecular flexibility index (Phi) is 4.16. The molecule has 1 N–H and O–H groups in total. The highest BCUT2D eigenvalue weighted by Gasteiger charge is 2.28. The third kappa shape index (κ3) is 3.12. The van der Waals surface area contributed by atoms with Crippen LogP contribution < -0.4 is 5.32 Å². The van der Waals surface area contributed by atoms with Crippen molar-refractivity contribution in [2.45, 2.75) is 45.3 Å². The number of nitrogens with zero attached hydrogens (tertiary/aromatic N) is 4. The summed E-state index contributed by atoms with van der Waals surface area (Å²) in [4.78, 5) is 4.78. The van der Waals surface area contributed by atoms with Crippen LogP contribution in [-0.2, 0) is 6.54 Å². The molecule has 1 aliphatic carbocycles. The third-order valence-corrected chi connectivity index (χ3v) is 5.40. The maximum atomic E-state index is 4.78. The van der Waals surface area contributed by atoms with Crippen LogP contribution in [-0.4, -0.2) is 19.7 Å². The van der Waals surface area contributed by atoms with Gasteiger partial charge >= 0.3 is 0 Å². The van der Waals surface area contributed by atoms with Crippen molar-refractivity contribution in [1.82, 2.24) is 25.1 Å². The summed E-state index contributed by atoms with van der Waals surface area (Å²) in [6, 6.07) is 11.1. The summed E-state index contributed by atoms with van der Waals surface area (Å²) in [7, 11) is 0. The number of aryl methyl sites for hydroxylation is 1. The van der Waals surface area contributed by atoms with Crippen LogP contribution in [0.3, 0.4) is 0 Å². The van der Waals surface area contributed by atoms with Crippen molar-refractivity contribution in [3.8, 4) is 11.3 Å². The number of benzene rings is 1. The average Bonchev–Trinajstić information content (AvgIpc) is 3.19. The highest BCUT2D eigenvalue weighted by atomic mass is 32.1. The Morgan fingerprint density at radius 2 is 2.04 bits per heavy atom. The minimum atomic E-state index is 0.192. The van der Waals surface area contributed by atoms with Crippen molar-refractivity contribution in [2.24, 2.45) is 0 Å². The summed E-state index contributed by atoms with van der Waals surface area (Å²) in [5.74, 6) is 2.05. The Morgan fingerprint density at radius 1 is 1.25 bits per heavy atom. The SMILES string of the molecule is Cc1nnc(CN[C@H](C)c2nc(-c3ccccc3)cs2)n1C1CC1. The standard InChI is InChI=1S/C18H21N5S/c1-12(18-20-16(11-24-18)14-6-4-3-5-7-14)19-10-17-22-21-13(2)23(17)15-8-9-15/h3-7,11-12,15,19H,8-10H2,1-2H3/t12-/m1/s1. The molecule has 1 aliphatic rings. The highest BCUT2D eigenvalue weighted by Crippen LogP contribution is 2.36. The Balaban J connectivity index is 1.44. The van der Waals surface area contributed by atoms with E-state index in [1.54, 1.807) is 11.3 Å². The molecule has 0 amide bonds. The summed E-state index contributed by atoms with van der Waals surface area (Å²) in [5, 5.41) is 15.3. The summed E-state index contributed by atoms with van der Waals surface area (Å²) in [6.45, 7) is 4.91. The summed E-state index contributed by atoms with van der Waals surface area (Å²) in [6.07, 6.45) is 2.49. The van der Waals surface area contributed by atoms with Gasteiger partial charge in [0.2, 0.25) is 0 Å². The smallest absolute Gasteiger partial charge is 0.147 e. The molecule has 6 heteroatoms. The van der Waals surface area contributed by atoms with Gasteiger partial charge < -0.3 is 9.88 Å². The fourth-order valence-electron chi connectivity index (χ4n) is 2.90.